The average molecular weight is 282 g/mol. The fraction of sp³-hybridized carbons (Fsp3) is 0.421. The fourth-order valence-corrected chi connectivity index (χ4v) is 2.45. The molecule has 1 atom stereocenters. The van der Waals surface area contributed by atoms with Crippen LogP contribution in [0.5, 0.6) is 0 Å². The lowest BCUT2D eigenvalue weighted by atomic mass is 9.86. The molecular weight excluding hydrogens is 256 g/mol. The van der Waals surface area contributed by atoms with Gasteiger partial charge in [0, 0.05) is 12.4 Å². The van der Waals surface area contributed by atoms with Gasteiger partial charge in [-0.15, -0.1) is 0 Å². The zero-order chi connectivity index (χ0) is 15.3. The maximum Gasteiger partial charge on any atom is 0.0577 e. The summed E-state index contributed by atoms with van der Waals surface area (Å²) in [5.74, 6) is 0. The molecule has 0 aliphatic carbocycles. The number of benzene rings is 1. The number of hydrogen-bond donors (Lipinski definition) is 1. The maximum absolute atomic E-state index is 4.12. The highest BCUT2D eigenvalue weighted by molar-refractivity contribution is 5.34. The molecule has 0 spiro atoms. The van der Waals surface area contributed by atoms with Gasteiger partial charge in [-0.05, 0) is 47.2 Å². The van der Waals surface area contributed by atoms with Gasteiger partial charge in [-0.25, -0.2) is 0 Å². The Kier molecular flexibility index (Phi) is 5.13. The van der Waals surface area contributed by atoms with E-state index >= 15 is 0 Å². The molecule has 1 aromatic carbocycles. The van der Waals surface area contributed by atoms with E-state index < -0.39 is 0 Å². The van der Waals surface area contributed by atoms with E-state index in [2.05, 4.69) is 74.4 Å². The predicted molar refractivity (Wildman–Crippen MR) is 89.5 cm³/mol. The van der Waals surface area contributed by atoms with Crippen molar-refractivity contribution in [2.24, 2.45) is 0 Å². The Bertz CT molecular complexity index is 538. The minimum absolute atomic E-state index is 0.196. The standard InChI is InChI=1S/C19H26N2/c1-5-12-21-18(16-10-13-20-14-11-16)15-6-8-17(9-7-15)19(2,3)4/h6-11,13-14,18,21H,5,12H2,1-4H3. The SMILES string of the molecule is CCCNC(c1ccncc1)c1ccc(C(C)(C)C)cc1. The lowest BCUT2D eigenvalue weighted by molar-refractivity contribution is 0.583. The van der Waals surface area contributed by atoms with Gasteiger partial charge >= 0.3 is 0 Å². The van der Waals surface area contributed by atoms with Crippen molar-refractivity contribution in [1.29, 1.82) is 0 Å². The minimum Gasteiger partial charge on any atom is -0.306 e. The molecular formula is C19H26N2. The Morgan fingerprint density at radius 1 is 0.952 bits per heavy atom. The number of nitrogens with zero attached hydrogens (tertiary/aromatic N) is 1. The van der Waals surface area contributed by atoms with E-state index in [1.807, 2.05) is 12.4 Å². The number of hydrogen-bond acceptors (Lipinski definition) is 2. The van der Waals surface area contributed by atoms with Crippen molar-refractivity contribution in [3.8, 4) is 0 Å². The molecule has 2 rings (SSSR count). The van der Waals surface area contributed by atoms with Crippen molar-refractivity contribution in [2.45, 2.75) is 45.6 Å². The zero-order valence-corrected chi connectivity index (χ0v) is 13.6. The molecule has 1 heterocycles. The Morgan fingerprint density at radius 2 is 1.52 bits per heavy atom. The van der Waals surface area contributed by atoms with Crippen LogP contribution in [0, 0.1) is 0 Å². The van der Waals surface area contributed by atoms with Crippen molar-refractivity contribution in [2.75, 3.05) is 6.54 Å². The van der Waals surface area contributed by atoms with Gasteiger partial charge in [0.2, 0.25) is 0 Å². The second-order valence-electron chi connectivity index (χ2n) is 6.54. The molecule has 1 aromatic heterocycles. The summed E-state index contributed by atoms with van der Waals surface area (Å²) >= 11 is 0. The normalized spacial score (nSPS) is 13.1. The van der Waals surface area contributed by atoms with Crippen LogP contribution in [0.1, 0.15) is 56.8 Å². The third-order valence-corrected chi connectivity index (χ3v) is 3.75. The van der Waals surface area contributed by atoms with E-state index in [0.29, 0.717) is 0 Å². The van der Waals surface area contributed by atoms with Gasteiger partial charge in [0.25, 0.3) is 0 Å². The van der Waals surface area contributed by atoms with E-state index in [1.54, 1.807) is 0 Å². The summed E-state index contributed by atoms with van der Waals surface area (Å²) in [7, 11) is 0. The van der Waals surface area contributed by atoms with Gasteiger partial charge in [0.15, 0.2) is 0 Å². The molecule has 112 valence electrons. The number of rotatable bonds is 5. The summed E-state index contributed by atoms with van der Waals surface area (Å²) < 4.78 is 0. The van der Waals surface area contributed by atoms with Gasteiger partial charge in [-0.1, -0.05) is 52.0 Å². The number of pyridine rings is 1. The molecule has 0 fully saturated rings. The van der Waals surface area contributed by atoms with E-state index in [4.69, 9.17) is 0 Å². The molecule has 21 heavy (non-hydrogen) atoms. The second-order valence-corrected chi connectivity index (χ2v) is 6.54. The van der Waals surface area contributed by atoms with Gasteiger partial charge < -0.3 is 5.32 Å². The maximum atomic E-state index is 4.12. The first kappa shape index (κ1) is 15.7. The van der Waals surface area contributed by atoms with E-state index in [0.717, 1.165) is 13.0 Å². The van der Waals surface area contributed by atoms with E-state index in [9.17, 15) is 0 Å². The Labute approximate surface area is 128 Å². The first-order chi connectivity index (χ1) is 10.0. The average Bonchev–Trinajstić information content (AvgIpc) is 2.48. The van der Waals surface area contributed by atoms with Crippen molar-refractivity contribution in [3.63, 3.8) is 0 Å². The first-order valence-corrected chi connectivity index (χ1v) is 7.76. The summed E-state index contributed by atoms with van der Waals surface area (Å²) in [6, 6.07) is 13.4. The van der Waals surface area contributed by atoms with Gasteiger partial charge in [0.1, 0.15) is 0 Å². The molecule has 0 saturated carbocycles. The largest absolute Gasteiger partial charge is 0.306 e. The van der Waals surface area contributed by atoms with Crippen LogP contribution in [0.3, 0.4) is 0 Å². The second kappa shape index (κ2) is 6.86. The van der Waals surface area contributed by atoms with Crippen LogP contribution >= 0.6 is 0 Å². The Hall–Kier alpha value is -1.67. The molecule has 0 aliphatic rings. The smallest absolute Gasteiger partial charge is 0.0577 e. The van der Waals surface area contributed by atoms with Crippen LogP contribution in [0.4, 0.5) is 0 Å². The zero-order valence-electron chi connectivity index (χ0n) is 13.6. The first-order valence-electron chi connectivity index (χ1n) is 7.76. The third kappa shape index (κ3) is 4.15. The molecule has 2 nitrogen and oxygen atoms in total. The summed E-state index contributed by atoms with van der Waals surface area (Å²) in [6.45, 7) is 9.94. The van der Waals surface area contributed by atoms with Crippen LogP contribution in [-0.2, 0) is 5.41 Å². The van der Waals surface area contributed by atoms with Crippen LogP contribution in [0.2, 0.25) is 0 Å². The molecule has 0 saturated heterocycles. The summed E-state index contributed by atoms with van der Waals surface area (Å²) in [5, 5.41) is 3.63. The Balaban J connectivity index is 2.29. The quantitative estimate of drug-likeness (QED) is 0.875. The molecule has 2 heteroatoms. The number of aromatic nitrogens is 1. The van der Waals surface area contributed by atoms with E-state index in [-0.39, 0.29) is 11.5 Å². The summed E-state index contributed by atoms with van der Waals surface area (Å²) in [4.78, 5) is 4.12. The lowest BCUT2D eigenvalue weighted by Gasteiger charge is -2.22. The predicted octanol–water partition coefficient (Wildman–Crippen LogP) is 4.47. The molecule has 0 aliphatic heterocycles. The van der Waals surface area contributed by atoms with Crippen LogP contribution in [0.15, 0.2) is 48.8 Å². The third-order valence-electron chi connectivity index (χ3n) is 3.75. The molecule has 1 N–H and O–H groups in total. The minimum atomic E-state index is 0.196. The van der Waals surface area contributed by atoms with Crippen LogP contribution < -0.4 is 5.32 Å². The Morgan fingerprint density at radius 3 is 2.05 bits per heavy atom. The van der Waals surface area contributed by atoms with Crippen molar-refractivity contribution >= 4 is 0 Å². The molecule has 0 amide bonds. The summed E-state index contributed by atoms with van der Waals surface area (Å²) in [6.07, 6.45) is 4.85. The fourth-order valence-electron chi connectivity index (χ4n) is 2.45. The topological polar surface area (TPSA) is 24.9 Å². The lowest BCUT2D eigenvalue weighted by Crippen LogP contribution is -2.23. The van der Waals surface area contributed by atoms with Crippen LogP contribution in [-0.4, -0.2) is 11.5 Å². The number of nitrogens with one attached hydrogen (secondary N) is 1. The van der Waals surface area contributed by atoms with Crippen molar-refractivity contribution in [1.82, 2.24) is 10.3 Å². The molecule has 0 bridgehead atoms. The van der Waals surface area contributed by atoms with Crippen molar-refractivity contribution in [3.05, 3.63) is 65.5 Å². The molecule has 0 radical (unpaired) electrons. The molecule has 1 unspecified atom stereocenters. The summed E-state index contributed by atoms with van der Waals surface area (Å²) in [5.41, 5.74) is 4.14. The highest BCUT2D eigenvalue weighted by Gasteiger charge is 2.16. The van der Waals surface area contributed by atoms with Crippen molar-refractivity contribution < 1.29 is 0 Å². The molecule has 2 aromatic rings. The highest BCUT2D eigenvalue weighted by atomic mass is 14.9. The van der Waals surface area contributed by atoms with Gasteiger partial charge in [-0.2, -0.15) is 0 Å². The highest BCUT2D eigenvalue weighted by Crippen LogP contribution is 2.26. The van der Waals surface area contributed by atoms with E-state index in [1.165, 1.54) is 16.7 Å². The van der Waals surface area contributed by atoms with Gasteiger partial charge in [-0.3, -0.25) is 4.98 Å². The van der Waals surface area contributed by atoms with Gasteiger partial charge in [0.05, 0.1) is 6.04 Å². The monoisotopic (exact) mass is 282 g/mol. The van der Waals surface area contributed by atoms with Crippen LogP contribution in [0.25, 0.3) is 0 Å².